The third-order valence-electron chi connectivity index (χ3n) is 2.52. The number of nitrogens with one attached hydrogen (secondary N) is 2. The van der Waals surface area contributed by atoms with Crippen LogP contribution in [-0.2, 0) is 0 Å². The molecule has 0 saturated carbocycles. The van der Waals surface area contributed by atoms with Gasteiger partial charge in [-0.2, -0.15) is 8.75 Å². The predicted octanol–water partition coefficient (Wildman–Crippen LogP) is 0.410. The second-order valence-corrected chi connectivity index (χ2v) is 4.21. The monoisotopic (exact) mass is 226 g/mol. The molecule has 5 nitrogen and oxygen atoms in total. The van der Waals surface area contributed by atoms with Crippen molar-refractivity contribution in [1.29, 1.82) is 0 Å². The van der Waals surface area contributed by atoms with E-state index in [0.717, 1.165) is 24.7 Å². The number of amides is 1. The van der Waals surface area contributed by atoms with Gasteiger partial charge in [-0.15, -0.1) is 0 Å². The van der Waals surface area contributed by atoms with Crippen molar-refractivity contribution in [3.63, 3.8) is 0 Å². The molecule has 1 aliphatic heterocycles. The molecule has 6 heteroatoms. The van der Waals surface area contributed by atoms with Crippen LogP contribution in [0.3, 0.4) is 0 Å². The molecule has 0 bridgehead atoms. The van der Waals surface area contributed by atoms with Gasteiger partial charge in [0.1, 0.15) is 0 Å². The van der Waals surface area contributed by atoms with Crippen LogP contribution in [-0.4, -0.2) is 33.8 Å². The lowest BCUT2D eigenvalue weighted by Crippen LogP contribution is -2.43. The molecule has 1 aromatic heterocycles. The highest BCUT2D eigenvalue weighted by Gasteiger charge is 2.14. The zero-order chi connectivity index (χ0) is 10.5. The van der Waals surface area contributed by atoms with E-state index in [1.807, 2.05) is 0 Å². The quantitative estimate of drug-likeness (QED) is 0.783. The maximum Gasteiger partial charge on any atom is 0.272 e. The molecule has 1 unspecified atom stereocenters. The lowest BCUT2D eigenvalue weighted by Gasteiger charge is -2.23. The molecule has 2 rings (SSSR count). The number of rotatable bonds is 3. The minimum atomic E-state index is -0.129. The van der Waals surface area contributed by atoms with Crippen LogP contribution >= 0.6 is 11.7 Å². The van der Waals surface area contributed by atoms with E-state index in [1.165, 1.54) is 19.0 Å². The van der Waals surface area contributed by atoms with Gasteiger partial charge in [-0.25, -0.2) is 0 Å². The Morgan fingerprint density at radius 2 is 2.60 bits per heavy atom. The van der Waals surface area contributed by atoms with E-state index < -0.39 is 0 Å². The van der Waals surface area contributed by atoms with Gasteiger partial charge in [0.25, 0.3) is 5.91 Å². The second kappa shape index (κ2) is 5.18. The fraction of sp³-hybridized carbons (Fsp3) is 0.667. The normalized spacial score (nSPS) is 21.2. The molecular formula is C9H14N4OS. The lowest BCUT2D eigenvalue weighted by molar-refractivity contribution is 0.0943. The summed E-state index contributed by atoms with van der Waals surface area (Å²) in [5, 5.41) is 6.23. The predicted molar refractivity (Wildman–Crippen MR) is 57.9 cm³/mol. The van der Waals surface area contributed by atoms with E-state index in [2.05, 4.69) is 19.4 Å². The number of hydrogen-bond donors (Lipinski definition) is 2. The molecule has 82 valence electrons. The van der Waals surface area contributed by atoms with E-state index in [0.29, 0.717) is 18.3 Å². The number of piperidine rings is 1. The van der Waals surface area contributed by atoms with Crippen molar-refractivity contribution in [2.24, 2.45) is 0 Å². The highest BCUT2D eigenvalue weighted by Crippen LogP contribution is 2.05. The summed E-state index contributed by atoms with van der Waals surface area (Å²) >= 11 is 1.05. The smallest absolute Gasteiger partial charge is 0.272 e. The molecule has 1 saturated heterocycles. The number of hydrogen-bond acceptors (Lipinski definition) is 5. The van der Waals surface area contributed by atoms with Crippen molar-refractivity contribution in [1.82, 2.24) is 19.4 Å². The Balaban J connectivity index is 1.75. The number of aromatic nitrogens is 2. The van der Waals surface area contributed by atoms with Crippen molar-refractivity contribution in [3.8, 4) is 0 Å². The van der Waals surface area contributed by atoms with Crippen molar-refractivity contribution in [3.05, 3.63) is 11.9 Å². The molecule has 15 heavy (non-hydrogen) atoms. The molecule has 1 atom stereocenters. The van der Waals surface area contributed by atoms with Crippen molar-refractivity contribution in [2.75, 3.05) is 13.1 Å². The molecule has 0 radical (unpaired) electrons. The Morgan fingerprint density at radius 1 is 1.67 bits per heavy atom. The van der Waals surface area contributed by atoms with Crippen LogP contribution < -0.4 is 10.6 Å². The van der Waals surface area contributed by atoms with Crippen molar-refractivity contribution >= 4 is 17.6 Å². The van der Waals surface area contributed by atoms with Gasteiger partial charge in [0.2, 0.25) is 0 Å². The average Bonchev–Trinajstić information content (AvgIpc) is 2.81. The van der Waals surface area contributed by atoms with Gasteiger partial charge < -0.3 is 10.6 Å². The van der Waals surface area contributed by atoms with Gasteiger partial charge in [0, 0.05) is 12.6 Å². The van der Waals surface area contributed by atoms with Crippen LogP contribution in [0.2, 0.25) is 0 Å². The first-order chi connectivity index (χ1) is 7.36. The Labute approximate surface area is 92.6 Å². The Kier molecular flexibility index (Phi) is 3.63. The highest BCUT2D eigenvalue weighted by molar-refractivity contribution is 6.99. The van der Waals surface area contributed by atoms with E-state index in [9.17, 15) is 4.79 Å². The molecule has 1 aliphatic rings. The van der Waals surface area contributed by atoms with E-state index in [4.69, 9.17) is 0 Å². The largest absolute Gasteiger partial charge is 0.349 e. The van der Waals surface area contributed by atoms with Crippen molar-refractivity contribution < 1.29 is 4.79 Å². The fourth-order valence-electron chi connectivity index (χ4n) is 1.67. The van der Waals surface area contributed by atoms with Gasteiger partial charge in [-0.05, 0) is 19.4 Å². The maximum absolute atomic E-state index is 11.5. The fourth-order valence-corrected chi connectivity index (χ4v) is 2.08. The summed E-state index contributed by atoms with van der Waals surface area (Å²) in [5.74, 6) is -0.129. The standard InChI is InChI=1S/C9H14N4OS/c14-9(8-6-12-15-13-8)11-5-7-3-1-2-4-10-7/h6-7,10H,1-5H2,(H,11,14). The Hall–Kier alpha value is -1.01. The van der Waals surface area contributed by atoms with Gasteiger partial charge in [0.15, 0.2) is 5.69 Å². The van der Waals surface area contributed by atoms with Gasteiger partial charge >= 0.3 is 0 Å². The second-order valence-electron chi connectivity index (χ2n) is 3.65. The summed E-state index contributed by atoms with van der Waals surface area (Å²) in [6.45, 7) is 1.73. The molecule has 2 heterocycles. The molecule has 1 amide bonds. The zero-order valence-electron chi connectivity index (χ0n) is 8.40. The van der Waals surface area contributed by atoms with E-state index >= 15 is 0 Å². The molecule has 0 aliphatic carbocycles. The van der Waals surface area contributed by atoms with Crippen LogP contribution in [0.25, 0.3) is 0 Å². The summed E-state index contributed by atoms with van der Waals surface area (Å²) in [7, 11) is 0. The molecular weight excluding hydrogens is 212 g/mol. The summed E-state index contributed by atoms with van der Waals surface area (Å²) < 4.78 is 7.67. The summed E-state index contributed by atoms with van der Waals surface area (Å²) in [6.07, 6.45) is 5.11. The molecule has 2 N–H and O–H groups in total. The number of carbonyl (C=O) groups excluding carboxylic acids is 1. The average molecular weight is 226 g/mol. The number of nitrogens with zero attached hydrogens (tertiary/aromatic N) is 2. The highest BCUT2D eigenvalue weighted by atomic mass is 32.1. The van der Waals surface area contributed by atoms with Gasteiger partial charge in [-0.1, -0.05) is 6.42 Å². The van der Waals surface area contributed by atoms with Crippen molar-refractivity contribution in [2.45, 2.75) is 25.3 Å². The zero-order valence-corrected chi connectivity index (χ0v) is 9.22. The topological polar surface area (TPSA) is 66.9 Å². The Morgan fingerprint density at radius 3 is 3.27 bits per heavy atom. The summed E-state index contributed by atoms with van der Waals surface area (Å²) in [5.41, 5.74) is 0.413. The van der Waals surface area contributed by atoms with Gasteiger partial charge in [-0.3, -0.25) is 4.79 Å². The van der Waals surface area contributed by atoms with Crippen LogP contribution in [0.15, 0.2) is 6.20 Å². The maximum atomic E-state index is 11.5. The first kappa shape index (κ1) is 10.5. The molecule has 1 fully saturated rings. The van der Waals surface area contributed by atoms with E-state index in [-0.39, 0.29) is 5.91 Å². The van der Waals surface area contributed by atoms with E-state index in [1.54, 1.807) is 0 Å². The first-order valence-corrected chi connectivity index (χ1v) is 5.88. The first-order valence-electron chi connectivity index (χ1n) is 5.15. The number of carbonyl (C=O) groups is 1. The molecule has 0 spiro atoms. The third-order valence-corrected chi connectivity index (χ3v) is 2.99. The van der Waals surface area contributed by atoms with Crippen LogP contribution in [0.5, 0.6) is 0 Å². The minimum Gasteiger partial charge on any atom is -0.349 e. The minimum absolute atomic E-state index is 0.129. The van der Waals surface area contributed by atoms with Crippen LogP contribution in [0.4, 0.5) is 0 Å². The van der Waals surface area contributed by atoms with Gasteiger partial charge in [0.05, 0.1) is 17.9 Å². The SMILES string of the molecule is O=C(NCC1CCCCN1)c1cnsn1. The third kappa shape index (κ3) is 2.97. The Bertz CT molecular complexity index is 308. The summed E-state index contributed by atoms with van der Waals surface area (Å²) in [6, 6.07) is 0.411. The molecule has 0 aromatic carbocycles. The lowest BCUT2D eigenvalue weighted by atomic mass is 10.1. The van der Waals surface area contributed by atoms with Crippen LogP contribution in [0, 0.1) is 0 Å². The van der Waals surface area contributed by atoms with Crippen LogP contribution in [0.1, 0.15) is 29.8 Å². The summed E-state index contributed by atoms with van der Waals surface area (Å²) in [4.78, 5) is 11.5. The molecule has 1 aromatic rings.